The van der Waals surface area contributed by atoms with Crippen LogP contribution in [-0.2, 0) is 6.42 Å². The summed E-state index contributed by atoms with van der Waals surface area (Å²) in [5, 5.41) is 23.9. The van der Waals surface area contributed by atoms with Crippen molar-refractivity contribution in [1.29, 1.82) is 5.26 Å². The number of rotatable bonds is 2. The molecule has 1 atom stereocenters. The molecular weight excluding hydrogens is 268 g/mol. The number of nitrogens with zero attached hydrogens (tertiary/aromatic N) is 1. The molecule has 100 valence electrons. The minimum atomic E-state index is 0.226. The zero-order valence-electron chi connectivity index (χ0n) is 10.8. The molecule has 0 radical (unpaired) electrons. The molecule has 2 N–H and O–H groups in total. The van der Waals surface area contributed by atoms with E-state index in [9.17, 15) is 5.11 Å². The van der Waals surface area contributed by atoms with Crippen LogP contribution in [-0.4, -0.2) is 5.11 Å². The van der Waals surface area contributed by atoms with E-state index in [4.69, 9.17) is 5.26 Å². The van der Waals surface area contributed by atoms with Gasteiger partial charge < -0.3 is 10.4 Å². The lowest BCUT2D eigenvalue weighted by atomic mass is 9.93. The van der Waals surface area contributed by atoms with E-state index >= 15 is 0 Å². The van der Waals surface area contributed by atoms with Crippen LogP contribution in [0.2, 0.25) is 0 Å². The summed E-state index contributed by atoms with van der Waals surface area (Å²) >= 11 is 1.19. The Balaban J connectivity index is 1.84. The number of hydrogen-bond acceptors (Lipinski definition) is 4. The lowest BCUT2D eigenvalue weighted by molar-refractivity contribution is 0.473. The highest BCUT2D eigenvalue weighted by Gasteiger charge is 2.19. The fourth-order valence-corrected chi connectivity index (χ4v) is 3.03. The SMILES string of the molecule is N#CSc1ccc2c(c1)CCC(c1cccc(O)c1)N2. The summed E-state index contributed by atoms with van der Waals surface area (Å²) in [7, 11) is 0. The molecule has 1 aliphatic rings. The summed E-state index contributed by atoms with van der Waals surface area (Å²) in [5.41, 5.74) is 3.47. The van der Waals surface area contributed by atoms with Crippen molar-refractivity contribution in [3.63, 3.8) is 0 Å². The lowest BCUT2D eigenvalue weighted by Crippen LogP contribution is -2.17. The van der Waals surface area contributed by atoms with Crippen molar-refractivity contribution < 1.29 is 5.11 Å². The van der Waals surface area contributed by atoms with Crippen LogP contribution in [0.3, 0.4) is 0 Å². The maximum Gasteiger partial charge on any atom is 0.138 e. The second-order valence-electron chi connectivity index (χ2n) is 4.84. The number of fused-ring (bicyclic) bond motifs is 1. The summed E-state index contributed by atoms with van der Waals surface area (Å²) in [6.45, 7) is 0. The van der Waals surface area contributed by atoms with Gasteiger partial charge in [0, 0.05) is 10.6 Å². The molecule has 4 heteroatoms. The summed E-state index contributed by atoms with van der Waals surface area (Å²) in [6, 6.07) is 13.7. The van der Waals surface area contributed by atoms with Gasteiger partial charge in [-0.05, 0) is 66.1 Å². The Kier molecular flexibility index (Phi) is 3.53. The van der Waals surface area contributed by atoms with Crippen LogP contribution in [0.4, 0.5) is 5.69 Å². The van der Waals surface area contributed by atoms with Gasteiger partial charge in [0.15, 0.2) is 0 Å². The third-order valence-electron chi connectivity index (χ3n) is 3.54. The number of thioether (sulfide) groups is 1. The lowest BCUT2D eigenvalue weighted by Gasteiger charge is -2.27. The molecule has 1 aliphatic heterocycles. The minimum absolute atomic E-state index is 0.226. The molecule has 2 aromatic carbocycles. The number of nitrogens with one attached hydrogen (secondary N) is 1. The maximum absolute atomic E-state index is 9.57. The zero-order valence-corrected chi connectivity index (χ0v) is 11.7. The Labute approximate surface area is 122 Å². The van der Waals surface area contributed by atoms with Gasteiger partial charge in [-0.3, -0.25) is 0 Å². The van der Waals surface area contributed by atoms with Gasteiger partial charge in [-0.2, -0.15) is 5.26 Å². The molecule has 1 unspecified atom stereocenters. The average Bonchev–Trinajstić information content (AvgIpc) is 2.47. The summed E-state index contributed by atoms with van der Waals surface area (Å²) < 4.78 is 0. The number of anilines is 1. The molecule has 0 bridgehead atoms. The van der Waals surface area contributed by atoms with Crippen LogP contribution >= 0.6 is 11.8 Å². The van der Waals surface area contributed by atoms with Crippen molar-refractivity contribution >= 4 is 17.4 Å². The molecule has 0 amide bonds. The Morgan fingerprint density at radius 3 is 2.95 bits per heavy atom. The number of phenols is 1. The van der Waals surface area contributed by atoms with Crippen molar-refractivity contribution in [2.45, 2.75) is 23.8 Å². The summed E-state index contributed by atoms with van der Waals surface area (Å²) in [5.74, 6) is 0.302. The molecule has 1 heterocycles. The van der Waals surface area contributed by atoms with Crippen molar-refractivity contribution in [3.05, 3.63) is 53.6 Å². The standard InChI is InChI=1S/C16H14N2OS/c17-10-20-14-5-7-16-12(9-14)4-6-15(18-16)11-2-1-3-13(19)8-11/h1-3,5,7-9,15,18-19H,4,6H2. The van der Waals surface area contributed by atoms with Gasteiger partial charge in [0.1, 0.15) is 11.2 Å². The highest BCUT2D eigenvalue weighted by atomic mass is 32.2. The molecule has 3 rings (SSSR count). The fourth-order valence-electron chi connectivity index (χ4n) is 2.59. The Morgan fingerprint density at radius 2 is 2.15 bits per heavy atom. The second-order valence-corrected chi connectivity index (χ2v) is 5.70. The van der Waals surface area contributed by atoms with E-state index in [-0.39, 0.29) is 6.04 Å². The smallest absolute Gasteiger partial charge is 0.138 e. The van der Waals surface area contributed by atoms with Gasteiger partial charge in [0.25, 0.3) is 0 Å². The van der Waals surface area contributed by atoms with Crippen molar-refractivity contribution in [2.24, 2.45) is 0 Å². The largest absolute Gasteiger partial charge is 0.508 e. The van der Waals surface area contributed by atoms with Gasteiger partial charge in [0.05, 0.1) is 6.04 Å². The maximum atomic E-state index is 9.57. The van der Waals surface area contributed by atoms with Crippen LogP contribution in [0.15, 0.2) is 47.4 Å². The van der Waals surface area contributed by atoms with Gasteiger partial charge in [-0.15, -0.1) is 0 Å². The van der Waals surface area contributed by atoms with Crippen LogP contribution < -0.4 is 5.32 Å². The second kappa shape index (κ2) is 5.48. The predicted octanol–water partition coefficient (Wildman–Crippen LogP) is 4.06. The van der Waals surface area contributed by atoms with Crippen LogP contribution in [0, 0.1) is 10.7 Å². The van der Waals surface area contributed by atoms with E-state index in [0.29, 0.717) is 5.75 Å². The highest BCUT2D eigenvalue weighted by molar-refractivity contribution is 8.03. The number of nitriles is 1. The first-order chi connectivity index (χ1) is 9.76. The molecular formula is C16H14N2OS. The first-order valence-corrected chi connectivity index (χ1v) is 7.32. The number of hydrogen-bond donors (Lipinski definition) is 2. The van der Waals surface area contributed by atoms with Gasteiger partial charge in [-0.25, -0.2) is 0 Å². The number of aromatic hydroxyl groups is 1. The van der Waals surface area contributed by atoms with Crippen molar-refractivity contribution in [1.82, 2.24) is 0 Å². The summed E-state index contributed by atoms with van der Waals surface area (Å²) in [6.07, 6.45) is 1.96. The number of benzene rings is 2. The number of aryl methyl sites for hydroxylation is 1. The minimum Gasteiger partial charge on any atom is -0.508 e. The van der Waals surface area contributed by atoms with E-state index in [2.05, 4.69) is 16.8 Å². The molecule has 20 heavy (non-hydrogen) atoms. The topological polar surface area (TPSA) is 56.0 Å². The molecule has 0 saturated carbocycles. The Hall–Kier alpha value is -2.12. The summed E-state index contributed by atoms with van der Waals surface area (Å²) in [4.78, 5) is 0.990. The molecule has 0 aromatic heterocycles. The number of thiocyanates is 1. The predicted molar refractivity (Wildman–Crippen MR) is 80.7 cm³/mol. The van der Waals surface area contributed by atoms with E-state index in [1.54, 1.807) is 6.07 Å². The fraction of sp³-hybridized carbons (Fsp3) is 0.188. The zero-order chi connectivity index (χ0) is 13.9. The number of phenolic OH excluding ortho intramolecular Hbond substituents is 1. The van der Waals surface area contributed by atoms with Gasteiger partial charge in [0.2, 0.25) is 0 Å². The van der Waals surface area contributed by atoms with E-state index in [1.807, 2.05) is 30.3 Å². The van der Waals surface area contributed by atoms with Gasteiger partial charge >= 0.3 is 0 Å². The van der Waals surface area contributed by atoms with E-state index in [1.165, 1.54) is 17.3 Å². The van der Waals surface area contributed by atoms with E-state index in [0.717, 1.165) is 29.0 Å². The van der Waals surface area contributed by atoms with Crippen molar-refractivity contribution in [2.75, 3.05) is 5.32 Å². The molecule has 0 saturated heterocycles. The third kappa shape index (κ3) is 2.59. The molecule has 0 fully saturated rings. The monoisotopic (exact) mass is 282 g/mol. The van der Waals surface area contributed by atoms with Crippen LogP contribution in [0.5, 0.6) is 5.75 Å². The normalized spacial score (nSPS) is 16.9. The van der Waals surface area contributed by atoms with Crippen LogP contribution in [0.25, 0.3) is 0 Å². The molecule has 3 nitrogen and oxygen atoms in total. The van der Waals surface area contributed by atoms with E-state index < -0.39 is 0 Å². The third-order valence-corrected chi connectivity index (χ3v) is 4.13. The van der Waals surface area contributed by atoms with Crippen LogP contribution in [0.1, 0.15) is 23.6 Å². The molecule has 0 spiro atoms. The Bertz CT molecular complexity index is 678. The Morgan fingerprint density at radius 1 is 1.25 bits per heavy atom. The quantitative estimate of drug-likeness (QED) is 0.644. The highest BCUT2D eigenvalue weighted by Crippen LogP contribution is 2.35. The average molecular weight is 282 g/mol. The molecule has 0 aliphatic carbocycles. The first-order valence-electron chi connectivity index (χ1n) is 6.50. The molecule has 2 aromatic rings. The van der Waals surface area contributed by atoms with Gasteiger partial charge in [-0.1, -0.05) is 12.1 Å². The van der Waals surface area contributed by atoms with Crippen molar-refractivity contribution in [3.8, 4) is 11.2 Å². The first kappa shape index (κ1) is 12.9.